The quantitative estimate of drug-likeness (QED) is 0.658. The fourth-order valence-electron chi connectivity index (χ4n) is 3.27. The van der Waals surface area contributed by atoms with Crippen molar-refractivity contribution >= 4 is 5.78 Å². The number of Topliss-reactive ketones (excluding diaryl/α,β-unsaturated/α-hetero) is 1. The van der Waals surface area contributed by atoms with Crippen LogP contribution in [0.3, 0.4) is 0 Å². The van der Waals surface area contributed by atoms with Gasteiger partial charge in [-0.05, 0) is 30.1 Å². The molecule has 14 heavy (non-hydrogen) atoms. The second-order valence-electron chi connectivity index (χ2n) is 5.54. The second kappa shape index (κ2) is 4.04. The lowest BCUT2D eigenvalue weighted by atomic mass is 9.62. The summed E-state index contributed by atoms with van der Waals surface area (Å²) in [5.74, 6) is 3.77. The molecule has 2 saturated carbocycles. The van der Waals surface area contributed by atoms with E-state index in [0.29, 0.717) is 5.78 Å². The molecule has 1 nitrogen and oxygen atoms in total. The average Bonchev–Trinajstić information content (AvgIpc) is 2.00. The first kappa shape index (κ1) is 10.2. The Hall–Kier alpha value is -0.330. The molecule has 0 bridgehead atoms. The molecule has 2 rings (SSSR count). The van der Waals surface area contributed by atoms with Gasteiger partial charge in [-0.25, -0.2) is 0 Å². The van der Waals surface area contributed by atoms with Gasteiger partial charge >= 0.3 is 0 Å². The molecule has 80 valence electrons. The van der Waals surface area contributed by atoms with E-state index in [1.807, 2.05) is 0 Å². The van der Waals surface area contributed by atoms with Crippen LogP contribution < -0.4 is 0 Å². The van der Waals surface area contributed by atoms with Crippen LogP contribution in [0.2, 0.25) is 0 Å². The van der Waals surface area contributed by atoms with Crippen molar-refractivity contribution in [2.45, 2.75) is 52.4 Å². The van der Waals surface area contributed by atoms with Crippen LogP contribution in [0.25, 0.3) is 0 Å². The number of carbonyl (C=O) groups is 1. The summed E-state index contributed by atoms with van der Waals surface area (Å²) in [6.07, 6.45) is 7.10. The molecular weight excluding hydrogens is 172 g/mol. The van der Waals surface area contributed by atoms with Crippen LogP contribution >= 0.6 is 0 Å². The molecule has 0 radical (unpaired) electrons. The van der Waals surface area contributed by atoms with Crippen molar-refractivity contribution in [1.29, 1.82) is 0 Å². The molecule has 0 aliphatic heterocycles. The SMILES string of the molecule is CC(C)C1CCC(=O)CC1C1CCC1. The van der Waals surface area contributed by atoms with Gasteiger partial charge in [0.2, 0.25) is 0 Å². The molecule has 0 aromatic rings. The van der Waals surface area contributed by atoms with Crippen LogP contribution in [0.5, 0.6) is 0 Å². The van der Waals surface area contributed by atoms with Crippen LogP contribution in [-0.4, -0.2) is 5.78 Å². The molecule has 0 aromatic carbocycles. The first-order chi connectivity index (χ1) is 6.68. The van der Waals surface area contributed by atoms with Gasteiger partial charge in [-0.3, -0.25) is 4.79 Å². The molecule has 2 fully saturated rings. The summed E-state index contributed by atoms with van der Waals surface area (Å²) in [6, 6.07) is 0. The Kier molecular flexibility index (Phi) is 2.94. The molecule has 0 saturated heterocycles. The molecule has 0 spiro atoms. The first-order valence-corrected chi connectivity index (χ1v) is 6.20. The third-order valence-corrected chi connectivity index (χ3v) is 4.38. The number of carbonyl (C=O) groups excluding carboxylic acids is 1. The summed E-state index contributed by atoms with van der Waals surface area (Å²) < 4.78 is 0. The van der Waals surface area contributed by atoms with Crippen molar-refractivity contribution in [3.8, 4) is 0 Å². The molecule has 0 aromatic heterocycles. The topological polar surface area (TPSA) is 17.1 Å². The van der Waals surface area contributed by atoms with Crippen LogP contribution in [0.4, 0.5) is 0 Å². The molecule has 0 amide bonds. The third kappa shape index (κ3) is 1.87. The van der Waals surface area contributed by atoms with Gasteiger partial charge in [0, 0.05) is 12.8 Å². The predicted molar refractivity (Wildman–Crippen MR) is 58.0 cm³/mol. The van der Waals surface area contributed by atoms with Gasteiger partial charge in [-0.2, -0.15) is 0 Å². The molecule has 2 aliphatic rings. The van der Waals surface area contributed by atoms with E-state index in [0.717, 1.165) is 42.9 Å². The lowest BCUT2D eigenvalue weighted by molar-refractivity contribution is -0.124. The summed E-state index contributed by atoms with van der Waals surface area (Å²) >= 11 is 0. The number of ketones is 1. The van der Waals surface area contributed by atoms with E-state index < -0.39 is 0 Å². The zero-order valence-electron chi connectivity index (χ0n) is 9.46. The molecule has 2 atom stereocenters. The van der Waals surface area contributed by atoms with Crippen molar-refractivity contribution < 1.29 is 4.79 Å². The highest BCUT2D eigenvalue weighted by Gasteiger charge is 2.38. The summed E-state index contributed by atoms with van der Waals surface area (Å²) in [7, 11) is 0. The van der Waals surface area contributed by atoms with Gasteiger partial charge < -0.3 is 0 Å². The maximum absolute atomic E-state index is 11.5. The number of hydrogen-bond donors (Lipinski definition) is 0. The van der Waals surface area contributed by atoms with Crippen LogP contribution in [-0.2, 0) is 4.79 Å². The molecule has 0 heterocycles. The van der Waals surface area contributed by atoms with Gasteiger partial charge in [0.25, 0.3) is 0 Å². The zero-order chi connectivity index (χ0) is 10.1. The van der Waals surface area contributed by atoms with E-state index in [4.69, 9.17) is 0 Å². The summed E-state index contributed by atoms with van der Waals surface area (Å²) in [5, 5.41) is 0. The Bertz CT molecular complexity index is 215. The molecule has 1 heteroatoms. The monoisotopic (exact) mass is 194 g/mol. The zero-order valence-corrected chi connectivity index (χ0v) is 9.46. The van der Waals surface area contributed by atoms with E-state index in [1.165, 1.54) is 19.3 Å². The predicted octanol–water partition coefficient (Wildman–Crippen LogP) is 3.43. The lowest BCUT2D eigenvalue weighted by Crippen LogP contribution is -2.36. The maximum Gasteiger partial charge on any atom is 0.133 e. The van der Waals surface area contributed by atoms with Crippen molar-refractivity contribution in [3.63, 3.8) is 0 Å². The Labute approximate surface area is 87.3 Å². The summed E-state index contributed by atoms with van der Waals surface area (Å²) in [5.41, 5.74) is 0. The third-order valence-electron chi connectivity index (χ3n) is 4.38. The molecule has 2 aliphatic carbocycles. The van der Waals surface area contributed by atoms with E-state index in [2.05, 4.69) is 13.8 Å². The minimum absolute atomic E-state index is 0.527. The van der Waals surface area contributed by atoms with Crippen LogP contribution in [0.1, 0.15) is 52.4 Å². The fourth-order valence-corrected chi connectivity index (χ4v) is 3.27. The van der Waals surface area contributed by atoms with E-state index in [1.54, 1.807) is 0 Å². The maximum atomic E-state index is 11.5. The van der Waals surface area contributed by atoms with Crippen LogP contribution in [0, 0.1) is 23.7 Å². The normalized spacial score (nSPS) is 34.6. The lowest BCUT2D eigenvalue weighted by Gasteiger charge is -2.42. The smallest absolute Gasteiger partial charge is 0.133 e. The summed E-state index contributed by atoms with van der Waals surface area (Å²) in [4.78, 5) is 11.5. The Morgan fingerprint density at radius 3 is 2.43 bits per heavy atom. The fraction of sp³-hybridized carbons (Fsp3) is 0.923. The summed E-state index contributed by atoms with van der Waals surface area (Å²) in [6.45, 7) is 4.65. The van der Waals surface area contributed by atoms with Gasteiger partial charge in [0.05, 0.1) is 0 Å². The van der Waals surface area contributed by atoms with Gasteiger partial charge in [-0.1, -0.05) is 33.1 Å². The average molecular weight is 194 g/mol. The highest BCUT2D eigenvalue weighted by atomic mass is 16.1. The minimum atomic E-state index is 0.527. The highest BCUT2D eigenvalue weighted by Crippen LogP contribution is 2.45. The van der Waals surface area contributed by atoms with Gasteiger partial charge in [0.15, 0.2) is 0 Å². The first-order valence-electron chi connectivity index (χ1n) is 6.20. The van der Waals surface area contributed by atoms with Crippen molar-refractivity contribution in [3.05, 3.63) is 0 Å². The van der Waals surface area contributed by atoms with Crippen molar-refractivity contribution in [2.75, 3.05) is 0 Å². The van der Waals surface area contributed by atoms with Gasteiger partial charge in [-0.15, -0.1) is 0 Å². The highest BCUT2D eigenvalue weighted by molar-refractivity contribution is 5.79. The molecule has 2 unspecified atom stereocenters. The van der Waals surface area contributed by atoms with Crippen LogP contribution in [0.15, 0.2) is 0 Å². The van der Waals surface area contributed by atoms with E-state index in [9.17, 15) is 4.79 Å². The Balaban J connectivity index is 2.02. The minimum Gasteiger partial charge on any atom is -0.300 e. The number of rotatable bonds is 2. The largest absolute Gasteiger partial charge is 0.300 e. The molecule has 0 N–H and O–H groups in total. The van der Waals surface area contributed by atoms with E-state index >= 15 is 0 Å². The van der Waals surface area contributed by atoms with E-state index in [-0.39, 0.29) is 0 Å². The molecular formula is C13H22O. The van der Waals surface area contributed by atoms with Crippen molar-refractivity contribution in [2.24, 2.45) is 23.7 Å². The Morgan fingerprint density at radius 2 is 1.93 bits per heavy atom. The van der Waals surface area contributed by atoms with Gasteiger partial charge in [0.1, 0.15) is 5.78 Å². The number of hydrogen-bond acceptors (Lipinski definition) is 1. The second-order valence-corrected chi connectivity index (χ2v) is 5.54. The Morgan fingerprint density at radius 1 is 1.21 bits per heavy atom. The standard InChI is InChI=1S/C13H22O/c1-9(2)12-7-6-11(14)8-13(12)10-4-3-5-10/h9-10,12-13H,3-8H2,1-2H3. The van der Waals surface area contributed by atoms with Crippen molar-refractivity contribution in [1.82, 2.24) is 0 Å².